The van der Waals surface area contributed by atoms with Gasteiger partial charge >= 0.3 is 0 Å². The van der Waals surface area contributed by atoms with Crippen LogP contribution in [-0.2, 0) is 21.7 Å². The Balaban J connectivity index is 0.968. The third kappa shape index (κ3) is 10.2. The minimum Gasteiger partial charge on any atom is -0.507 e. The summed E-state index contributed by atoms with van der Waals surface area (Å²) in [5.41, 5.74) is 20.2. The van der Waals surface area contributed by atoms with Crippen LogP contribution < -0.4 is 9.47 Å². The van der Waals surface area contributed by atoms with Crippen molar-refractivity contribution in [1.82, 2.24) is 9.13 Å². The lowest BCUT2D eigenvalue weighted by Gasteiger charge is -2.22. The molecule has 0 unspecified atom stereocenters. The first-order valence-electron chi connectivity index (χ1n) is 28.3. The molecule has 0 bridgehead atoms. The van der Waals surface area contributed by atoms with Crippen molar-refractivity contribution in [1.29, 1.82) is 0 Å². The van der Waals surface area contributed by atoms with Gasteiger partial charge in [0.15, 0.2) is 0 Å². The predicted octanol–water partition coefficient (Wildman–Crippen LogP) is 19.5. The number of phenolic OH excluding ortho intramolecular Hbond substituents is 2. The number of ether oxygens (including phenoxy) is 2. The molecule has 10 aromatic rings. The number of aryl methyl sites for hydroxylation is 6. The summed E-state index contributed by atoms with van der Waals surface area (Å²) in [5, 5.41) is 29.7. The van der Waals surface area contributed by atoms with E-state index in [1.807, 2.05) is 6.07 Å². The Kier molecular flexibility index (Phi) is 13.7. The lowest BCUT2D eigenvalue weighted by atomic mass is 9.86. The van der Waals surface area contributed by atoms with Gasteiger partial charge in [0, 0.05) is 56.3 Å². The number of nitrogens with zero attached hydrogens (tertiary/aromatic N) is 2. The Bertz CT molecular complexity index is 3910. The molecule has 0 aliphatic heterocycles. The van der Waals surface area contributed by atoms with Gasteiger partial charge in [0.1, 0.15) is 23.0 Å². The van der Waals surface area contributed by atoms with E-state index in [4.69, 9.17) is 9.47 Å². The fraction of sp³-hybridized carbons (Fsp3) is 0.342. The van der Waals surface area contributed by atoms with E-state index in [0.717, 1.165) is 111 Å². The van der Waals surface area contributed by atoms with E-state index in [-0.39, 0.29) is 33.2 Å². The summed E-state index contributed by atoms with van der Waals surface area (Å²) in [6, 6.07) is 44.1. The SMILES string of the molecule is Cc1cc(C)c(OCCCOc2c(C)cc(C)cc2-c2cc(C)cc(-n3c4cc(C(C)(C)C)ccc4c4ccc(C(C)(C)C)cc43)c2O)c(-c2cc(C)c(-n3c4cc(C(C)(C)C)ccc4c4ccc(C(C)(C)C)cc43)cc2O)c1. The summed E-state index contributed by atoms with van der Waals surface area (Å²) in [6.07, 6.45) is 0.600. The maximum absolute atomic E-state index is 12.8. The molecular weight excluding hydrogens is 969 g/mol. The van der Waals surface area contributed by atoms with Crippen LogP contribution in [0.4, 0.5) is 0 Å². The van der Waals surface area contributed by atoms with E-state index in [1.54, 1.807) is 0 Å². The van der Waals surface area contributed by atoms with E-state index < -0.39 is 0 Å². The van der Waals surface area contributed by atoms with E-state index >= 15 is 0 Å². The molecule has 0 aliphatic rings. The van der Waals surface area contributed by atoms with Crippen LogP contribution in [0.2, 0.25) is 0 Å². The lowest BCUT2D eigenvalue weighted by Crippen LogP contribution is -2.11. The van der Waals surface area contributed by atoms with Crippen molar-refractivity contribution >= 4 is 43.6 Å². The third-order valence-corrected chi connectivity index (χ3v) is 16.2. The highest BCUT2D eigenvalue weighted by molar-refractivity contribution is 6.11. The molecule has 2 aromatic heterocycles. The number of aromatic hydroxyl groups is 2. The van der Waals surface area contributed by atoms with E-state index in [0.29, 0.717) is 19.6 Å². The smallest absolute Gasteiger partial charge is 0.147 e. The highest BCUT2D eigenvalue weighted by Crippen LogP contribution is 2.47. The summed E-state index contributed by atoms with van der Waals surface area (Å²) in [6.45, 7) is 40.4. The lowest BCUT2D eigenvalue weighted by molar-refractivity contribution is 0.247. The van der Waals surface area contributed by atoms with Crippen molar-refractivity contribution in [2.24, 2.45) is 0 Å². The average Bonchev–Trinajstić information content (AvgIpc) is 3.36. The van der Waals surface area contributed by atoms with E-state index in [1.165, 1.54) is 33.0 Å². The van der Waals surface area contributed by atoms with Gasteiger partial charge in [-0.1, -0.05) is 144 Å². The van der Waals surface area contributed by atoms with Crippen LogP contribution in [0.1, 0.15) is 145 Å². The molecule has 2 N–H and O–H groups in total. The highest BCUT2D eigenvalue weighted by atomic mass is 16.5. The molecule has 0 aliphatic carbocycles. The van der Waals surface area contributed by atoms with Gasteiger partial charge in [0.2, 0.25) is 0 Å². The molecule has 0 radical (unpaired) electrons. The number of phenols is 2. The molecule has 0 saturated heterocycles. The molecule has 6 heteroatoms. The Morgan fingerprint density at radius 3 is 1.08 bits per heavy atom. The first-order chi connectivity index (χ1) is 37.0. The van der Waals surface area contributed by atoms with Crippen molar-refractivity contribution < 1.29 is 19.7 Å². The molecule has 0 fully saturated rings. The normalized spacial score (nSPS) is 12.7. The molecule has 2 heterocycles. The summed E-state index contributed by atoms with van der Waals surface area (Å²) in [4.78, 5) is 0. The molecule has 6 nitrogen and oxygen atoms in total. The monoisotopic (exact) mass is 1050 g/mol. The second-order valence-corrected chi connectivity index (χ2v) is 26.9. The Morgan fingerprint density at radius 2 is 0.696 bits per heavy atom. The molecule has 0 amide bonds. The van der Waals surface area contributed by atoms with Gasteiger partial charge in [-0.15, -0.1) is 0 Å². The molecule has 0 atom stereocenters. The molecule has 79 heavy (non-hydrogen) atoms. The zero-order chi connectivity index (χ0) is 57.0. The van der Waals surface area contributed by atoms with Gasteiger partial charge in [-0.3, -0.25) is 0 Å². The second kappa shape index (κ2) is 19.7. The van der Waals surface area contributed by atoms with Crippen LogP contribution in [0, 0.1) is 41.5 Å². The van der Waals surface area contributed by atoms with Crippen LogP contribution in [0.5, 0.6) is 23.0 Å². The average molecular weight is 1050 g/mol. The summed E-state index contributed by atoms with van der Waals surface area (Å²) in [5.74, 6) is 1.89. The molecule has 10 rings (SSSR count). The third-order valence-electron chi connectivity index (χ3n) is 16.2. The van der Waals surface area contributed by atoms with Gasteiger partial charge < -0.3 is 28.8 Å². The number of hydrogen-bond donors (Lipinski definition) is 2. The molecular formula is C73H82N2O4. The Labute approximate surface area is 469 Å². The van der Waals surface area contributed by atoms with Crippen molar-refractivity contribution in [2.45, 2.75) is 153 Å². The van der Waals surface area contributed by atoms with Crippen LogP contribution >= 0.6 is 0 Å². The largest absolute Gasteiger partial charge is 0.507 e. The quantitative estimate of drug-likeness (QED) is 0.134. The Morgan fingerprint density at radius 1 is 0.354 bits per heavy atom. The minimum absolute atomic E-state index is 0.0398. The number of aromatic nitrogens is 2. The number of fused-ring (bicyclic) bond motifs is 6. The fourth-order valence-corrected chi connectivity index (χ4v) is 11.8. The molecule has 0 spiro atoms. The summed E-state index contributed by atoms with van der Waals surface area (Å²) < 4.78 is 18.2. The van der Waals surface area contributed by atoms with Gasteiger partial charge in [0.05, 0.1) is 46.7 Å². The van der Waals surface area contributed by atoms with Crippen molar-refractivity contribution in [2.75, 3.05) is 13.2 Å². The minimum atomic E-state index is -0.0667. The number of hydrogen-bond acceptors (Lipinski definition) is 4. The molecule has 408 valence electrons. The van der Waals surface area contributed by atoms with Crippen molar-refractivity contribution in [3.8, 4) is 56.6 Å². The van der Waals surface area contributed by atoms with Gasteiger partial charge in [-0.2, -0.15) is 0 Å². The van der Waals surface area contributed by atoms with Crippen LogP contribution in [0.15, 0.2) is 121 Å². The van der Waals surface area contributed by atoms with Crippen LogP contribution in [0.25, 0.3) is 77.2 Å². The topological polar surface area (TPSA) is 68.8 Å². The predicted molar refractivity (Wildman–Crippen MR) is 335 cm³/mol. The second-order valence-electron chi connectivity index (χ2n) is 26.9. The molecule has 8 aromatic carbocycles. The fourth-order valence-electron chi connectivity index (χ4n) is 11.8. The maximum Gasteiger partial charge on any atom is 0.147 e. The maximum atomic E-state index is 12.8. The van der Waals surface area contributed by atoms with Gasteiger partial charge in [-0.25, -0.2) is 0 Å². The van der Waals surface area contributed by atoms with E-state index in [2.05, 4.69) is 249 Å². The van der Waals surface area contributed by atoms with Crippen molar-refractivity contribution in [3.63, 3.8) is 0 Å². The van der Waals surface area contributed by atoms with Crippen LogP contribution in [-0.4, -0.2) is 32.6 Å². The zero-order valence-electron chi connectivity index (χ0n) is 50.3. The number of rotatable bonds is 10. The van der Waals surface area contributed by atoms with Gasteiger partial charge in [-0.05, 0) is 173 Å². The summed E-state index contributed by atoms with van der Waals surface area (Å²) >= 11 is 0. The zero-order valence-corrected chi connectivity index (χ0v) is 50.3. The standard InChI is InChI=1S/C73H82N2O4/c1-42-30-46(5)68(58(33-42)56-36-45(4)60(41-66(56)76)74-61-37-48(70(7,8)9)20-24-52(61)53-25-21-49(38-62(53)74)71(10,11)12)78-28-19-29-79-69-47(6)31-43(2)34-59(69)57-32-44(3)35-65(67(57)77)75-63-39-50(72(13,14)15)22-26-54(63)55-27-23-51(40-64(55)75)73(16,17)18/h20-27,30-41,76-77H,19,28-29H2,1-18H3. The van der Waals surface area contributed by atoms with Crippen LogP contribution in [0.3, 0.4) is 0 Å². The number of benzene rings is 8. The summed E-state index contributed by atoms with van der Waals surface area (Å²) in [7, 11) is 0. The molecule has 0 saturated carbocycles. The van der Waals surface area contributed by atoms with E-state index in [9.17, 15) is 10.2 Å². The Hall–Kier alpha value is -7.44. The van der Waals surface area contributed by atoms with Crippen molar-refractivity contribution in [3.05, 3.63) is 177 Å². The first-order valence-corrected chi connectivity index (χ1v) is 28.3. The highest BCUT2D eigenvalue weighted by Gasteiger charge is 2.27. The van der Waals surface area contributed by atoms with Gasteiger partial charge in [0.25, 0.3) is 0 Å². The first kappa shape index (κ1) is 54.9.